The van der Waals surface area contributed by atoms with Crippen molar-refractivity contribution in [1.29, 1.82) is 0 Å². The summed E-state index contributed by atoms with van der Waals surface area (Å²) < 4.78 is 10.4. The van der Waals surface area contributed by atoms with Gasteiger partial charge in [-0.3, -0.25) is 19.6 Å². The van der Waals surface area contributed by atoms with Crippen LogP contribution in [-0.2, 0) is 25.5 Å². The summed E-state index contributed by atoms with van der Waals surface area (Å²) >= 11 is 6.45. The molecule has 2 aromatic rings. The smallest absolute Gasteiger partial charge is 0.248 e. The lowest BCUT2D eigenvalue weighted by atomic mass is 9.91. The van der Waals surface area contributed by atoms with Crippen molar-refractivity contribution >= 4 is 29.1 Å². The van der Waals surface area contributed by atoms with E-state index in [0.717, 1.165) is 45.4 Å². The van der Waals surface area contributed by atoms with Crippen LogP contribution in [0.2, 0.25) is 5.02 Å². The number of hydrogen-bond acceptors (Lipinski definition) is 8. The number of nitrogens with one attached hydrogen (secondary N) is 1. The number of carbonyl (C=O) groups excluding carboxylic acids is 2. The first-order chi connectivity index (χ1) is 17.0. The lowest BCUT2D eigenvalue weighted by Gasteiger charge is -2.31. The highest BCUT2D eigenvalue weighted by Crippen LogP contribution is 2.28. The lowest BCUT2D eigenvalue weighted by molar-refractivity contribution is -0.138. The minimum Gasteiger partial charge on any atom is -0.381 e. The third kappa shape index (κ3) is 6.96. The molecular weight excluding hydrogens is 470 g/mol. The number of anilines is 1. The second kappa shape index (κ2) is 12.4. The quantitative estimate of drug-likeness (QED) is 0.558. The van der Waals surface area contributed by atoms with Crippen molar-refractivity contribution in [3.05, 3.63) is 35.4 Å². The van der Waals surface area contributed by atoms with Crippen LogP contribution in [0.1, 0.15) is 31.4 Å². The van der Waals surface area contributed by atoms with Gasteiger partial charge in [0.1, 0.15) is 18.2 Å². The highest BCUT2D eigenvalue weighted by atomic mass is 35.5. The number of likely N-dealkylation sites (tertiary alicyclic amines) is 1. The molecule has 0 radical (unpaired) electrons. The van der Waals surface area contributed by atoms with Crippen LogP contribution in [-0.4, -0.2) is 78.1 Å². The van der Waals surface area contributed by atoms with Gasteiger partial charge < -0.3 is 19.7 Å². The first-order valence-corrected chi connectivity index (χ1v) is 12.5. The third-order valence-corrected chi connectivity index (χ3v) is 6.89. The van der Waals surface area contributed by atoms with Gasteiger partial charge in [-0.05, 0) is 37.7 Å². The monoisotopic (exact) mass is 501 g/mol. The summed E-state index contributed by atoms with van der Waals surface area (Å²) in [6, 6.07) is 1.81. The van der Waals surface area contributed by atoms with E-state index in [9.17, 15) is 9.59 Å². The number of ketones is 1. The molecule has 2 aromatic heterocycles. The van der Waals surface area contributed by atoms with Gasteiger partial charge in [-0.15, -0.1) is 0 Å². The normalized spacial score (nSPS) is 18.9. The minimum absolute atomic E-state index is 0.0348. The molecule has 0 aromatic carbocycles. The average molecular weight is 502 g/mol. The van der Waals surface area contributed by atoms with E-state index < -0.39 is 0 Å². The molecule has 1 amide bonds. The number of halogens is 1. The Hall–Kier alpha value is -2.62. The van der Waals surface area contributed by atoms with Gasteiger partial charge in [0.25, 0.3) is 0 Å². The largest absolute Gasteiger partial charge is 0.381 e. The van der Waals surface area contributed by atoms with Gasteiger partial charge in [-0.25, -0.2) is 4.98 Å². The van der Waals surface area contributed by atoms with Crippen LogP contribution in [0.5, 0.6) is 0 Å². The summed E-state index contributed by atoms with van der Waals surface area (Å²) in [5.41, 5.74) is 1.93. The number of Topliss-reactive ketones (excluding diaryl/α,β-unsaturated/α-hetero) is 1. The molecule has 2 fully saturated rings. The number of aromatic nitrogens is 3. The topological polar surface area (TPSA) is 107 Å². The van der Waals surface area contributed by atoms with E-state index in [4.69, 9.17) is 21.1 Å². The average Bonchev–Trinajstić information content (AvgIpc) is 2.89. The summed E-state index contributed by atoms with van der Waals surface area (Å²) in [6.07, 6.45) is 8.72. The van der Waals surface area contributed by atoms with Crippen molar-refractivity contribution in [2.45, 2.75) is 32.1 Å². The number of pyridine rings is 1. The molecule has 9 nitrogen and oxygen atoms in total. The number of piperidine rings is 1. The highest BCUT2D eigenvalue weighted by Gasteiger charge is 2.28. The molecule has 0 bridgehead atoms. The van der Waals surface area contributed by atoms with E-state index >= 15 is 0 Å². The number of carbonyl (C=O) groups is 2. The summed E-state index contributed by atoms with van der Waals surface area (Å²) in [6.45, 7) is 3.54. The summed E-state index contributed by atoms with van der Waals surface area (Å²) in [4.78, 5) is 40.3. The fourth-order valence-corrected chi connectivity index (χ4v) is 4.76. The second-order valence-corrected chi connectivity index (χ2v) is 9.54. The Balaban J connectivity index is 1.41. The lowest BCUT2D eigenvalue weighted by Crippen LogP contribution is -2.44. The molecule has 0 unspecified atom stereocenters. The van der Waals surface area contributed by atoms with Crippen LogP contribution in [0.25, 0.3) is 11.3 Å². The van der Waals surface area contributed by atoms with E-state index in [2.05, 4.69) is 20.3 Å². The maximum Gasteiger partial charge on any atom is 0.248 e. The number of nitrogens with zero attached hydrogens (tertiary/aromatic N) is 4. The molecule has 2 aliphatic heterocycles. The number of hydrogen-bond donors (Lipinski definition) is 1. The van der Waals surface area contributed by atoms with Crippen LogP contribution in [0.3, 0.4) is 0 Å². The zero-order chi connectivity index (χ0) is 24.6. The molecule has 1 N–H and O–H groups in total. The van der Waals surface area contributed by atoms with E-state index in [0.29, 0.717) is 46.8 Å². The van der Waals surface area contributed by atoms with E-state index in [-0.39, 0.29) is 30.6 Å². The van der Waals surface area contributed by atoms with E-state index in [1.807, 2.05) is 6.07 Å². The molecule has 188 valence electrons. The van der Waals surface area contributed by atoms with E-state index in [1.165, 1.54) is 7.11 Å². The Morgan fingerprint density at radius 2 is 2.06 bits per heavy atom. The molecule has 1 atom stereocenters. The Morgan fingerprint density at radius 1 is 1.23 bits per heavy atom. The van der Waals surface area contributed by atoms with Crippen LogP contribution < -0.4 is 5.32 Å². The first-order valence-electron chi connectivity index (χ1n) is 12.1. The zero-order valence-electron chi connectivity index (χ0n) is 20.0. The van der Waals surface area contributed by atoms with Crippen LogP contribution in [0.4, 0.5) is 5.82 Å². The molecule has 10 heteroatoms. The van der Waals surface area contributed by atoms with Gasteiger partial charge in [0.15, 0.2) is 0 Å². The number of methoxy groups -OCH3 is 1. The summed E-state index contributed by atoms with van der Waals surface area (Å²) in [7, 11) is 1.50. The number of ether oxygens (including phenoxy) is 2. The number of amides is 1. The molecule has 4 rings (SSSR count). The predicted octanol–water partition coefficient (Wildman–Crippen LogP) is 3.03. The van der Waals surface area contributed by atoms with Gasteiger partial charge in [0.2, 0.25) is 5.91 Å². The Kier molecular flexibility index (Phi) is 9.01. The SMILES string of the molecule is COCC(=O)N1CCC[C@H](C(=O)Cc2cc(-c3cncc(NCC4CCOCC4)n3)c(Cl)cn2)C1. The van der Waals surface area contributed by atoms with Crippen LogP contribution in [0.15, 0.2) is 24.7 Å². The summed E-state index contributed by atoms with van der Waals surface area (Å²) in [5.74, 6) is 1.02. The van der Waals surface area contributed by atoms with Gasteiger partial charge in [0, 0.05) is 69.8 Å². The maximum absolute atomic E-state index is 13.0. The Labute approximate surface area is 210 Å². The molecule has 0 spiro atoms. The van der Waals surface area contributed by atoms with E-state index in [1.54, 1.807) is 23.5 Å². The standard InChI is InChI=1S/C25H32ClN5O4/c1-34-16-25(33)31-6-2-3-18(15-31)23(32)10-19-9-20(21(26)12-28-19)22-13-27-14-24(30-22)29-11-17-4-7-35-8-5-17/h9,12-14,17-18H,2-8,10-11,15-16H2,1H3,(H,29,30)/t18-/m0/s1. The van der Waals surface area contributed by atoms with Gasteiger partial charge in [-0.1, -0.05) is 11.6 Å². The van der Waals surface area contributed by atoms with Gasteiger partial charge in [-0.2, -0.15) is 0 Å². The minimum atomic E-state index is -0.206. The second-order valence-electron chi connectivity index (χ2n) is 9.14. The first kappa shape index (κ1) is 25.5. The molecule has 35 heavy (non-hydrogen) atoms. The Morgan fingerprint density at radius 3 is 2.86 bits per heavy atom. The van der Waals surface area contributed by atoms with Gasteiger partial charge in [0.05, 0.1) is 23.1 Å². The number of rotatable bonds is 9. The van der Waals surface area contributed by atoms with Crippen molar-refractivity contribution < 1.29 is 19.1 Å². The fourth-order valence-electron chi connectivity index (χ4n) is 4.56. The third-order valence-electron chi connectivity index (χ3n) is 6.59. The van der Waals surface area contributed by atoms with Crippen molar-refractivity contribution in [3.63, 3.8) is 0 Å². The van der Waals surface area contributed by atoms with Crippen LogP contribution >= 0.6 is 11.6 Å². The van der Waals surface area contributed by atoms with Crippen molar-refractivity contribution in [2.24, 2.45) is 11.8 Å². The van der Waals surface area contributed by atoms with Crippen LogP contribution in [0, 0.1) is 11.8 Å². The zero-order valence-corrected chi connectivity index (χ0v) is 20.8. The molecule has 2 aliphatic rings. The van der Waals surface area contributed by atoms with Crippen molar-refractivity contribution in [1.82, 2.24) is 19.9 Å². The summed E-state index contributed by atoms with van der Waals surface area (Å²) in [5, 5.41) is 3.82. The fraction of sp³-hybridized carbons (Fsp3) is 0.560. The molecule has 4 heterocycles. The van der Waals surface area contributed by atoms with Crippen molar-refractivity contribution in [3.8, 4) is 11.3 Å². The molecular formula is C25H32ClN5O4. The predicted molar refractivity (Wildman–Crippen MR) is 132 cm³/mol. The van der Waals surface area contributed by atoms with Gasteiger partial charge >= 0.3 is 0 Å². The molecule has 0 aliphatic carbocycles. The molecule has 0 saturated carbocycles. The Bertz CT molecular complexity index is 1030. The van der Waals surface area contributed by atoms with Crippen molar-refractivity contribution in [2.75, 3.05) is 51.9 Å². The highest BCUT2D eigenvalue weighted by molar-refractivity contribution is 6.33. The maximum atomic E-state index is 13.0. The molecule has 2 saturated heterocycles.